The third kappa shape index (κ3) is 2.03. The minimum Gasteiger partial charge on any atom is -0.360 e. The first-order valence-electron chi connectivity index (χ1n) is 7.01. The number of hydrogen-bond donors (Lipinski definition) is 0. The van der Waals surface area contributed by atoms with Crippen LogP contribution in [0.25, 0.3) is 22.2 Å². The first-order chi connectivity index (χ1) is 10.2. The fourth-order valence-electron chi connectivity index (χ4n) is 2.52. The summed E-state index contributed by atoms with van der Waals surface area (Å²) in [5.74, 6) is 1.17. The van der Waals surface area contributed by atoms with E-state index in [-0.39, 0.29) is 5.56 Å². The second-order valence-electron chi connectivity index (χ2n) is 5.48. The molecule has 0 spiro atoms. The van der Waals surface area contributed by atoms with E-state index in [0.29, 0.717) is 29.1 Å². The first-order valence-corrected chi connectivity index (χ1v) is 7.01. The monoisotopic (exact) mass is 282 g/mol. The first kappa shape index (κ1) is 12.3. The third-order valence-electron chi connectivity index (χ3n) is 3.84. The van der Waals surface area contributed by atoms with Gasteiger partial charge in [-0.25, -0.2) is 4.68 Å². The molecule has 1 aliphatic rings. The fourth-order valence-corrected chi connectivity index (χ4v) is 2.52. The van der Waals surface area contributed by atoms with Crippen LogP contribution in [0.4, 0.5) is 0 Å². The summed E-state index contributed by atoms with van der Waals surface area (Å²) >= 11 is 0. The Kier molecular flexibility index (Phi) is 2.63. The molecule has 6 nitrogen and oxygen atoms in total. The highest BCUT2D eigenvalue weighted by Gasteiger charge is 2.25. The molecule has 0 bridgehead atoms. The Morgan fingerprint density at radius 3 is 2.81 bits per heavy atom. The molecular formula is C15H14N4O2. The summed E-state index contributed by atoms with van der Waals surface area (Å²) < 4.78 is 6.74. The Morgan fingerprint density at radius 2 is 2.10 bits per heavy atom. The van der Waals surface area contributed by atoms with Crippen molar-refractivity contribution in [3.63, 3.8) is 0 Å². The molecule has 0 unspecified atom stereocenters. The predicted octanol–water partition coefficient (Wildman–Crippen LogP) is 2.16. The largest absolute Gasteiger partial charge is 0.360 e. The number of rotatable bonds is 3. The van der Waals surface area contributed by atoms with Gasteiger partial charge >= 0.3 is 0 Å². The van der Waals surface area contributed by atoms with Crippen molar-refractivity contribution >= 4 is 10.9 Å². The highest BCUT2D eigenvalue weighted by atomic mass is 16.5. The van der Waals surface area contributed by atoms with Crippen LogP contribution in [0.15, 0.2) is 33.8 Å². The number of nitrogens with zero attached hydrogens (tertiary/aromatic N) is 4. The summed E-state index contributed by atoms with van der Waals surface area (Å²) in [6, 6.07) is 3.75. The summed E-state index contributed by atoms with van der Waals surface area (Å²) in [5, 5.41) is 9.18. The number of aromatic nitrogens is 4. The van der Waals surface area contributed by atoms with Gasteiger partial charge in [0.1, 0.15) is 11.5 Å². The van der Waals surface area contributed by atoms with Crippen LogP contribution < -0.4 is 5.56 Å². The summed E-state index contributed by atoms with van der Waals surface area (Å²) in [5.41, 5.74) is 1.82. The van der Waals surface area contributed by atoms with Gasteiger partial charge in [-0.05, 0) is 37.8 Å². The van der Waals surface area contributed by atoms with E-state index in [4.69, 9.17) is 4.52 Å². The second-order valence-corrected chi connectivity index (χ2v) is 5.48. The zero-order valence-corrected chi connectivity index (χ0v) is 11.6. The molecule has 1 saturated carbocycles. The van der Waals surface area contributed by atoms with Crippen molar-refractivity contribution in [1.82, 2.24) is 19.9 Å². The molecular weight excluding hydrogens is 268 g/mol. The van der Waals surface area contributed by atoms with E-state index in [0.717, 1.165) is 24.1 Å². The molecule has 3 aromatic rings. The Bertz CT molecular complexity index is 863. The van der Waals surface area contributed by atoms with Gasteiger partial charge in [0, 0.05) is 24.5 Å². The van der Waals surface area contributed by atoms with E-state index < -0.39 is 0 Å². The van der Waals surface area contributed by atoms with E-state index in [1.807, 2.05) is 12.1 Å². The van der Waals surface area contributed by atoms with Gasteiger partial charge in [-0.2, -0.15) is 5.10 Å². The van der Waals surface area contributed by atoms with Crippen molar-refractivity contribution < 1.29 is 4.52 Å². The Labute approximate surface area is 120 Å². The minimum atomic E-state index is -0.174. The molecule has 0 aromatic carbocycles. The number of pyridine rings is 1. The van der Waals surface area contributed by atoms with Gasteiger partial charge in [0.2, 0.25) is 0 Å². The fraction of sp³-hybridized carbons (Fsp3) is 0.333. The average Bonchev–Trinajstić information content (AvgIpc) is 3.24. The zero-order chi connectivity index (χ0) is 14.4. The molecule has 0 aliphatic heterocycles. The molecule has 1 aliphatic carbocycles. The lowest BCUT2D eigenvalue weighted by molar-refractivity contribution is 0.404. The highest BCUT2D eigenvalue weighted by molar-refractivity contribution is 5.92. The standard InChI is InChI=1S/C15H14N4O2/c1-9-12-13(11-4-6-16-7-5-11)17-19(8-10-2-3-10)15(20)14(12)18-21-9/h4-7,10H,2-3,8H2,1H3. The van der Waals surface area contributed by atoms with Gasteiger partial charge in [-0.15, -0.1) is 0 Å². The van der Waals surface area contributed by atoms with Gasteiger partial charge in [-0.3, -0.25) is 9.78 Å². The normalized spacial score (nSPS) is 14.7. The van der Waals surface area contributed by atoms with Crippen LogP contribution in [0.3, 0.4) is 0 Å². The lowest BCUT2D eigenvalue weighted by Gasteiger charge is -2.07. The summed E-state index contributed by atoms with van der Waals surface area (Å²) in [4.78, 5) is 16.5. The van der Waals surface area contributed by atoms with Gasteiger partial charge in [0.15, 0.2) is 5.52 Å². The molecule has 4 rings (SSSR count). The van der Waals surface area contributed by atoms with Crippen molar-refractivity contribution in [3.8, 4) is 11.3 Å². The van der Waals surface area contributed by atoms with Crippen molar-refractivity contribution in [3.05, 3.63) is 40.6 Å². The third-order valence-corrected chi connectivity index (χ3v) is 3.84. The van der Waals surface area contributed by atoms with Gasteiger partial charge in [0.05, 0.1) is 5.39 Å². The van der Waals surface area contributed by atoms with E-state index in [9.17, 15) is 4.79 Å². The Balaban J connectivity index is 2.01. The molecule has 0 radical (unpaired) electrons. The molecule has 6 heteroatoms. The highest BCUT2D eigenvalue weighted by Crippen LogP contribution is 2.31. The molecule has 21 heavy (non-hydrogen) atoms. The van der Waals surface area contributed by atoms with Crippen LogP contribution in [0.2, 0.25) is 0 Å². The quantitative estimate of drug-likeness (QED) is 0.736. The number of hydrogen-bond acceptors (Lipinski definition) is 5. The Morgan fingerprint density at radius 1 is 1.33 bits per heavy atom. The van der Waals surface area contributed by atoms with Crippen molar-refractivity contribution in [2.24, 2.45) is 5.92 Å². The molecule has 3 heterocycles. The molecule has 106 valence electrons. The maximum atomic E-state index is 12.5. The van der Waals surface area contributed by atoms with E-state index in [1.54, 1.807) is 19.3 Å². The SMILES string of the molecule is Cc1onc2c(=O)n(CC3CC3)nc(-c3ccncc3)c12. The van der Waals surface area contributed by atoms with Crippen LogP contribution in [0.1, 0.15) is 18.6 Å². The van der Waals surface area contributed by atoms with Crippen molar-refractivity contribution in [2.75, 3.05) is 0 Å². The zero-order valence-electron chi connectivity index (χ0n) is 11.6. The van der Waals surface area contributed by atoms with E-state index in [1.165, 1.54) is 4.68 Å². The second kappa shape index (κ2) is 4.51. The molecule has 0 saturated heterocycles. The van der Waals surface area contributed by atoms with Gasteiger partial charge in [0.25, 0.3) is 5.56 Å². The van der Waals surface area contributed by atoms with Crippen molar-refractivity contribution in [1.29, 1.82) is 0 Å². The maximum Gasteiger partial charge on any atom is 0.296 e. The summed E-state index contributed by atoms with van der Waals surface area (Å²) in [6.45, 7) is 2.45. The van der Waals surface area contributed by atoms with Gasteiger partial charge < -0.3 is 4.52 Å². The molecule has 0 N–H and O–H groups in total. The maximum absolute atomic E-state index is 12.5. The lowest BCUT2D eigenvalue weighted by atomic mass is 10.1. The van der Waals surface area contributed by atoms with Gasteiger partial charge in [-0.1, -0.05) is 5.16 Å². The number of fused-ring (bicyclic) bond motifs is 1. The molecule has 3 aromatic heterocycles. The predicted molar refractivity (Wildman–Crippen MR) is 76.8 cm³/mol. The topological polar surface area (TPSA) is 73.8 Å². The van der Waals surface area contributed by atoms with Crippen LogP contribution in [-0.4, -0.2) is 19.9 Å². The average molecular weight is 282 g/mol. The molecule has 0 amide bonds. The minimum absolute atomic E-state index is 0.174. The van der Waals surface area contributed by atoms with Crippen LogP contribution in [0, 0.1) is 12.8 Å². The summed E-state index contributed by atoms with van der Waals surface area (Å²) in [7, 11) is 0. The van der Waals surface area contributed by atoms with Crippen LogP contribution >= 0.6 is 0 Å². The summed E-state index contributed by atoms with van der Waals surface area (Å²) in [6.07, 6.45) is 5.74. The smallest absolute Gasteiger partial charge is 0.296 e. The lowest BCUT2D eigenvalue weighted by Crippen LogP contribution is -2.24. The Hall–Kier alpha value is -2.50. The number of aryl methyl sites for hydroxylation is 1. The van der Waals surface area contributed by atoms with Crippen LogP contribution in [-0.2, 0) is 6.54 Å². The van der Waals surface area contributed by atoms with Crippen LogP contribution in [0.5, 0.6) is 0 Å². The van der Waals surface area contributed by atoms with E-state index in [2.05, 4.69) is 15.2 Å². The van der Waals surface area contributed by atoms with E-state index >= 15 is 0 Å². The van der Waals surface area contributed by atoms with Crippen molar-refractivity contribution in [2.45, 2.75) is 26.3 Å². The molecule has 1 fully saturated rings. The molecule has 0 atom stereocenters.